The summed E-state index contributed by atoms with van der Waals surface area (Å²) in [5, 5.41) is 32.1. The number of aliphatic hydroxyl groups is 2. The maximum Gasteiger partial charge on any atom is 0.298 e. The molecule has 0 bridgehead atoms. The number of hydrogen-bond donors (Lipinski definition) is 2. The molecule has 2 aromatic heterocycles. The largest absolute Gasteiger partial charge is 0.393 e. The second-order valence-corrected chi connectivity index (χ2v) is 7.22. The number of nitrogens with zero attached hydrogens (tertiary/aromatic N) is 5. The number of fused-ring (bicyclic) bond motifs is 2. The Kier molecular flexibility index (Phi) is 4.00. The minimum atomic E-state index is -1.32. The van der Waals surface area contributed by atoms with Crippen LogP contribution in [0.4, 0.5) is 4.39 Å². The van der Waals surface area contributed by atoms with Crippen LogP contribution in [-0.4, -0.2) is 54.8 Å². The second-order valence-electron chi connectivity index (χ2n) is 7.22. The van der Waals surface area contributed by atoms with E-state index >= 15 is 0 Å². The van der Waals surface area contributed by atoms with Gasteiger partial charge in [0.2, 0.25) is 0 Å². The van der Waals surface area contributed by atoms with Crippen molar-refractivity contribution >= 4 is 11.0 Å². The standard InChI is InChI=1S/C18H18FN5O4/c19-12-4-2-1-3-9(12)5-23-17(13(26)6-25)14-15(21-23)18(27)24(22-20-14)16-10-7-28-8-11(10)16/h1-4,10-11,13,16,25-26H,5-8H2/t10-,11+,13?,16?. The van der Waals surface area contributed by atoms with Crippen LogP contribution in [0.25, 0.3) is 11.0 Å². The Balaban J connectivity index is 1.62. The smallest absolute Gasteiger partial charge is 0.298 e. The Morgan fingerprint density at radius 2 is 2.00 bits per heavy atom. The molecule has 28 heavy (non-hydrogen) atoms. The van der Waals surface area contributed by atoms with Crippen molar-refractivity contribution in [2.75, 3.05) is 19.8 Å². The Hall–Kier alpha value is -2.69. The zero-order chi connectivity index (χ0) is 19.4. The molecule has 0 amide bonds. The number of benzene rings is 1. The Bertz CT molecular complexity index is 1100. The highest BCUT2D eigenvalue weighted by molar-refractivity contribution is 5.76. The van der Waals surface area contributed by atoms with Crippen LogP contribution >= 0.6 is 0 Å². The van der Waals surface area contributed by atoms with Crippen LogP contribution in [0.5, 0.6) is 0 Å². The molecule has 1 aliphatic carbocycles. The molecule has 10 heteroatoms. The summed E-state index contributed by atoms with van der Waals surface area (Å²) in [5.41, 5.74) is 0.213. The highest BCUT2D eigenvalue weighted by atomic mass is 19.1. The molecule has 146 valence electrons. The fourth-order valence-corrected chi connectivity index (χ4v) is 4.04. The van der Waals surface area contributed by atoms with Crippen LogP contribution in [0, 0.1) is 17.7 Å². The SMILES string of the molecule is O=c1c2nn(Cc3ccccc3F)c(C(O)CO)c2nnn1C1[C@H]2COC[C@@H]12. The number of ether oxygens (including phenoxy) is 1. The molecule has 1 saturated carbocycles. The summed E-state index contributed by atoms with van der Waals surface area (Å²) in [6, 6.07) is 6.11. The van der Waals surface area contributed by atoms with Gasteiger partial charge in [-0.15, -0.1) is 5.10 Å². The molecule has 4 atom stereocenters. The molecule has 2 aliphatic rings. The third-order valence-corrected chi connectivity index (χ3v) is 5.57. The van der Waals surface area contributed by atoms with E-state index in [9.17, 15) is 19.4 Å². The van der Waals surface area contributed by atoms with E-state index in [0.29, 0.717) is 18.8 Å². The van der Waals surface area contributed by atoms with Crippen LogP contribution < -0.4 is 5.56 Å². The maximum atomic E-state index is 14.1. The molecule has 9 nitrogen and oxygen atoms in total. The van der Waals surface area contributed by atoms with Gasteiger partial charge in [0, 0.05) is 17.4 Å². The molecule has 0 radical (unpaired) electrons. The van der Waals surface area contributed by atoms with Gasteiger partial charge in [-0.3, -0.25) is 9.48 Å². The number of halogens is 1. The molecule has 3 aromatic rings. The van der Waals surface area contributed by atoms with Gasteiger partial charge in [0.25, 0.3) is 5.56 Å². The van der Waals surface area contributed by atoms with Crippen molar-refractivity contribution in [2.45, 2.75) is 18.7 Å². The van der Waals surface area contributed by atoms with Crippen molar-refractivity contribution in [2.24, 2.45) is 11.8 Å². The van der Waals surface area contributed by atoms with Crippen molar-refractivity contribution in [1.29, 1.82) is 0 Å². The first-order valence-electron chi connectivity index (χ1n) is 9.06. The fourth-order valence-electron chi connectivity index (χ4n) is 4.04. The van der Waals surface area contributed by atoms with E-state index in [1.807, 2.05) is 0 Å². The summed E-state index contributed by atoms with van der Waals surface area (Å²) in [5.74, 6) is 0.0840. The summed E-state index contributed by atoms with van der Waals surface area (Å²) >= 11 is 0. The fraction of sp³-hybridized carbons (Fsp3) is 0.444. The zero-order valence-electron chi connectivity index (χ0n) is 14.8. The molecule has 5 rings (SSSR count). The molecule has 2 unspecified atom stereocenters. The highest BCUT2D eigenvalue weighted by Crippen LogP contribution is 2.53. The van der Waals surface area contributed by atoms with E-state index in [1.165, 1.54) is 15.4 Å². The maximum absolute atomic E-state index is 14.1. The lowest BCUT2D eigenvalue weighted by Crippen LogP contribution is -2.26. The van der Waals surface area contributed by atoms with Gasteiger partial charge in [-0.2, -0.15) is 5.10 Å². The zero-order valence-corrected chi connectivity index (χ0v) is 14.8. The van der Waals surface area contributed by atoms with E-state index in [1.54, 1.807) is 18.2 Å². The van der Waals surface area contributed by atoms with Crippen LogP contribution in [0.1, 0.15) is 23.4 Å². The lowest BCUT2D eigenvalue weighted by molar-refractivity contribution is 0.0894. The molecule has 2 fully saturated rings. The first-order chi connectivity index (χ1) is 13.6. The molecular weight excluding hydrogens is 369 g/mol. The monoisotopic (exact) mass is 387 g/mol. The first kappa shape index (κ1) is 17.4. The van der Waals surface area contributed by atoms with Gasteiger partial charge in [0.15, 0.2) is 5.52 Å². The van der Waals surface area contributed by atoms with Gasteiger partial charge in [-0.1, -0.05) is 23.4 Å². The normalized spacial score (nSPS) is 24.5. The summed E-state index contributed by atoms with van der Waals surface area (Å²) in [6.07, 6.45) is -1.32. The lowest BCUT2D eigenvalue weighted by Gasteiger charge is -2.11. The van der Waals surface area contributed by atoms with Crippen molar-refractivity contribution in [3.8, 4) is 0 Å². The average molecular weight is 387 g/mol. The van der Waals surface area contributed by atoms with E-state index in [2.05, 4.69) is 15.4 Å². The molecule has 1 saturated heterocycles. The predicted octanol–water partition coefficient (Wildman–Crippen LogP) is 0.0184. The Morgan fingerprint density at radius 1 is 1.25 bits per heavy atom. The number of rotatable bonds is 5. The summed E-state index contributed by atoms with van der Waals surface area (Å²) < 4.78 is 22.1. The van der Waals surface area contributed by atoms with Gasteiger partial charge in [-0.05, 0) is 6.07 Å². The Labute approximate surface area is 158 Å². The molecular formula is C18H18FN5O4. The van der Waals surface area contributed by atoms with E-state index in [0.717, 1.165) is 0 Å². The highest BCUT2D eigenvalue weighted by Gasteiger charge is 2.56. The third kappa shape index (κ3) is 2.56. The number of aromatic nitrogens is 5. The van der Waals surface area contributed by atoms with Crippen LogP contribution in [0.3, 0.4) is 0 Å². The quantitative estimate of drug-likeness (QED) is 0.634. The van der Waals surface area contributed by atoms with Gasteiger partial charge in [-0.25, -0.2) is 9.07 Å². The average Bonchev–Trinajstić information content (AvgIpc) is 3.04. The van der Waals surface area contributed by atoms with Crippen molar-refractivity contribution in [1.82, 2.24) is 24.8 Å². The van der Waals surface area contributed by atoms with Gasteiger partial charge in [0.05, 0.1) is 38.1 Å². The van der Waals surface area contributed by atoms with Crippen molar-refractivity contribution < 1.29 is 19.3 Å². The molecule has 1 aliphatic heterocycles. The van der Waals surface area contributed by atoms with Crippen LogP contribution in [0.2, 0.25) is 0 Å². The van der Waals surface area contributed by atoms with Crippen LogP contribution in [0.15, 0.2) is 29.1 Å². The predicted molar refractivity (Wildman–Crippen MR) is 94.0 cm³/mol. The van der Waals surface area contributed by atoms with E-state index in [-0.39, 0.29) is 41.1 Å². The first-order valence-corrected chi connectivity index (χ1v) is 9.06. The third-order valence-electron chi connectivity index (χ3n) is 5.57. The molecule has 0 spiro atoms. The lowest BCUT2D eigenvalue weighted by atomic mass is 10.2. The second kappa shape index (κ2) is 6.43. The van der Waals surface area contributed by atoms with Crippen molar-refractivity contribution in [3.63, 3.8) is 0 Å². The molecule has 2 N–H and O–H groups in total. The summed E-state index contributed by atoms with van der Waals surface area (Å²) in [7, 11) is 0. The molecule has 3 heterocycles. The van der Waals surface area contributed by atoms with Crippen molar-refractivity contribution in [3.05, 3.63) is 51.7 Å². The van der Waals surface area contributed by atoms with Gasteiger partial charge in [0.1, 0.15) is 17.4 Å². The number of hydrogen-bond acceptors (Lipinski definition) is 7. The number of aliphatic hydroxyl groups excluding tert-OH is 2. The summed E-state index contributed by atoms with van der Waals surface area (Å²) in [4.78, 5) is 13.0. The topological polar surface area (TPSA) is 115 Å². The van der Waals surface area contributed by atoms with Gasteiger partial charge < -0.3 is 14.9 Å². The minimum absolute atomic E-state index is 0.0165. The Morgan fingerprint density at radius 3 is 2.71 bits per heavy atom. The van der Waals surface area contributed by atoms with Gasteiger partial charge >= 0.3 is 0 Å². The van der Waals surface area contributed by atoms with E-state index in [4.69, 9.17) is 4.74 Å². The molecule has 1 aromatic carbocycles. The van der Waals surface area contributed by atoms with Crippen LogP contribution in [-0.2, 0) is 11.3 Å². The van der Waals surface area contributed by atoms with E-state index < -0.39 is 24.1 Å². The summed E-state index contributed by atoms with van der Waals surface area (Å²) in [6.45, 7) is 0.583. The minimum Gasteiger partial charge on any atom is -0.393 e.